The van der Waals surface area contributed by atoms with Gasteiger partial charge in [-0.15, -0.1) is 0 Å². The van der Waals surface area contributed by atoms with Crippen LogP contribution in [0, 0.1) is 0 Å². The number of benzene rings is 3. The minimum absolute atomic E-state index is 0.586. The van der Waals surface area contributed by atoms with Crippen molar-refractivity contribution in [2.24, 2.45) is 0 Å². The summed E-state index contributed by atoms with van der Waals surface area (Å²) in [4.78, 5) is 2.45. The van der Waals surface area contributed by atoms with E-state index < -0.39 is 0 Å². The van der Waals surface area contributed by atoms with Crippen molar-refractivity contribution in [1.29, 1.82) is 0 Å². The predicted molar refractivity (Wildman–Crippen MR) is 120 cm³/mol. The summed E-state index contributed by atoms with van der Waals surface area (Å²) in [6.45, 7) is 6.94. The Kier molecular flexibility index (Phi) is 7.51. The predicted octanol–water partition coefficient (Wildman–Crippen LogP) is 4.39. The number of nitrogens with one attached hydrogen (secondary N) is 1. The minimum Gasteiger partial charge on any atom is -0.489 e. The lowest BCUT2D eigenvalue weighted by Crippen LogP contribution is -2.35. The van der Waals surface area contributed by atoms with Gasteiger partial charge < -0.3 is 14.8 Å². The van der Waals surface area contributed by atoms with E-state index in [4.69, 9.17) is 9.47 Å². The number of hydrogen-bond acceptors (Lipinski definition) is 4. The van der Waals surface area contributed by atoms with Crippen LogP contribution in [-0.2, 0) is 31.0 Å². The molecule has 1 fully saturated rings. The third-order valence-electron chi connectivity index (χ3n) is 5.39. The Morgan fingerprint density at radius 3 is 2.23 bits per heavy atom. The maximum atomic E-state index is 6.06. The first-order valence-electron chi connectivity index (χ1n) is 10.7. The van der Waals surface area contributed by atoms with Gasteiger partial charge in [-0.1, -0.05) is 72.8 Å². The highest BCUT2D eigenvalue weighted by Crippen LogP contribution is 2.19. The monoisotopic (exact) mass is 402 g/mol. The summed E-state index contributed by atoms with van der Waals surface area (Å²) in [5, 5.41) is 3.55. The summed E-state index contributed by atoms with van der Waals surface area (Å²) >= 11 is 0. The van der Waals surface area contributed by atoms with E-state index in [-0.39, 0.29) is 0 Å². The van der Waals surface area contributed by atoms with Gasteiger partial charge in [0.05, 0.1) is 13.2 Å². The fourth-order valence-corrected chi connectivity index (χ4v) is 3.65. The second-order valence-corrected chi connectivity index (χ2v) is 7.69. The average Bonchev–Trinajstić information content (AvgIpc) is 2.81. The molecule has 3 aromatic rings. The highest BCUT2D eigenvalue weighted by atomic mass is 16.5. The van der Waals surface area contributed by atoms with Crippen LogP contribution in [0.1, 0.15) is 22.3 Å². The highest BCUT2D eigenvalue weighted by Gasteiger charge is 2.10. The van der Waals surface area contributed by atoms with Crippen LogP contribution in [0.3, 0.4) is 0 Å². The quantitative estimate of drug-likeness (QED) is 0.576. The lowest BCUT2D eigenvalue weighted by Gasteiger charge is -2.26. The van der Waals surface area contributed by atoms with Crippen molar-refractivity contribution >= 4 is 0 Å². The molecule has 0 aliphatic carbocycles. The first-order chi connectivity index (χ1) is 14.9. The zero-order valence-corrected chi connectivity index (χ0v) is 17.4. The van der Waals surface area contributed by atoms with Gasteiger partial charge in [-0.3, -0.25) is 4.90 Å². The molecule has 0 spiro atoms. The molecular weight excluding hydrogens is 372 g/mol. The molecule has 4 heteroatoms. The lowest BCUT2D eigenvalue weighted by atomic mass is 10.1. The van der Waals surface area contributed by atoms with E-state index in [1.54, 1.807) is 0 Å². The zero-order valence-electron chi connectivity index (χ0n) is 17.4. The van der Waals surface area contributed by atoms with Crippen LogP contribution in [-0.4, -0.2) is 31.2 Å². The largest absolute Gasteiger partial charge is 0.489 e. The Balaban J connectivity index is 1.26. The molecule has 0 bridgehead atoms. The van der Waals surface area contributed by atoms with Gasteiger partial charge in [0.1, 0.15) is 12.4 Å². The van der Waals surface area contributed by atoms with Crippen LogP contribution >= 0.6 is 0 Å². The van der Waals surface area contributed by atoms with Crippen molar-refractivity contribution in [2.45, 2.75) is 26.2 Å². The van der Waals surface area contributed by atoms with Crippen molar-refractivity contribution in [1.82, 2.24) is 10.2 Å². The Morgan fingerprint density at radius 2 is 1.43 bits per heavy atom. The molecule has 0 saturated carbocycles. The number of para-hydroxylation sites is 1. The van der Waals surface area contributed by atoms with E-state index in [2.05, 4.69) is 58.7 Å². The molecule has 0 unspecified atom stereocenters. The number of nitrogens with zero attached hydrogens (tertiary/aromatic N) is 1. The van der Waals surface area contributed by atoms with E-state index in [1.165, 1.54) is 22.3 Å². The lowest BCUT2D eigenvalue weighted by molar-refractivity contribution is 0.0342. The van der Waals surface area contributed by atoms with Gasteiger partial charge in [0, 0.05) is 38.3 Å². The van der Waals surface area contributed by atoms with Crippen LogP contribution in [0.25, 0.3) is 0 Å². The summed E-state index contributed by atoms with van der Waals surface area (Å²) in [7, 11) is 0. The molecule has 0 amide bonds. The zero-order chi connectivity index (χ0) is 20.4. The molecule has 1 heterocycles. The van der Waals surface area contributed by atoms with Crippen LogP contribution in [0.4, 0.5) is 0 Å². The molecule has 0 radical (unpaired) electrons. The van der Waals surface area contributed by atoms with Gasteiger partial charge in [0.25, 0.3) is 0 Å². The van der Waals surface area contributed by atoms with E-state index >= 15 is 0 Å². The van der Waals surface area contributed by atoms with Crippen LogP contribution in [0.5, 0.6) is 5.75 Å². The van der Waals surface area contributed by atoms with Gasteiger partial charge >= 0.3 is 0 Å². The van der Waals surface area contributed by atoms with Gasteiger partial charge in [-0.2, -0.15) is 0 Å². The molecule has 4 nitrogen and oxygen atoms in total. The van der Waals surface area contributed by atoms with Crippen LogP contribution < -0.4 is 10.1 Å². The normalized spacial score (nSPS) is 14.5. The van der Waals surface area contributed by atoms with Crippen molar-refractivity contribution in [2.75, 3.05) is 26.3 Å². The fraction of sp³-hybridized carbons (Fsp3) is 0.308. The first kappa shape index (κ1) is 20.6. The molecular formula is C26H30N2O2. The van der Waals surface area contributed by atoms with Gasteiger partial charge in [-0.25, -0.2) is 0 Å². The smallest absolute Gasteiger partial charge is 0.124 e. The number of hydrogen-bond donors (Lipinski definition) is 1. The number of rotatable bonds is 9. The van der Waals surface area contributed by atoms with Gasteiger partial charge in [0.2, 0.25) is 0 Å². The molecule has 1 aliphatic heterocycles. The molecule has 30 heavy (non-hydrogen) atoms. The number of ether oxygens (including phenoxy) is 2. The van der Waals surface area contributed by atoms with Crippen LogP contribution in [0.2, 0.25) is 0 Å². The van der Waals surface area contributed by atoms with E-state index in [0.29, 0.717) is 6.61 Å². The molecule has 0 aromatic heterocycles. The Morgan fingerprint density at radius 1 is 0.733 bits per heavy atom. The maximum Gasteiger partial charge on any atom is 0.124 e. The Labute approximate surface area is 179 Å². The van der Waals surface area contributed by atoms with Crippen molar-refractivity contribution in [3.05, 3.63) is 101 Å². The van der Waals surface area contributed by atoms with E-state index in [0.717, 1.165) is 51.7 Å². The standard InChI is InChI=1S/C26H30N2O2/c1-2-6-24(7-3-1)21-30-26-9-5-4-8-25(26)19-27-18-22-10-12-23(13-11-22)20-28-14-16-29-17-15-28/h1-13,27H,14-21H2. The average molecular weight is 403 g/mol. The van der Waals surface area contributed by atoms with E-state index in [1.807, 2.05) is 30.3 Å². The van der Waals surface area contributed by atoms with Crippen LogP contribution in [0.15, 0.2) is 78.9 Å². The van der Waals surface area contributed by atoms with E-state index in [9.17, 15) is 0 Å². The van der Waals surface area contributed by atoms with Gasteiger partial charge in [-0.05, 0) is 22.8 Å². The molecule has 3 aromatic carbocycles. The first-order valence-corrected chi connectivity index (χ1v) is 10.7. The Bertz CT molecular complexity index is 890. The molecule has 1 saturated heterocycles. The molecule has 1 N–H and O–H groups in total. The molecule has 1 aliphatic rings. The summed E-state index contributed by atoms with van der Waals surface area (Å²) in [6.07, 6.45) is 0. The summed E-state index contributed by atoms with van der Waals surface area (Å²) < 4.78 is 11.5. The maximum absolute atomic E-state index is 6.06. The molecule has 0 atom stereocenters. The highest BCUT2D eigenvalue weighted by molar-refractivity contribution is 5.33. The third-order valence-corrected chi connectivity index (χ3v) is 5.39. The summed E-state index contributed by atoms with van der Waals surface area (Å²) in [6, 6.07) is 27.5. The van der Waals surface area contributed by atoms with Crippen molar-refractivity contribution in [3.63, 3.8) is 0 Å². The molecule has 4 rings (SSSR count). The van der Waals surface area contributed by atoms with Gasteiger partial charge in [0.15, 0.2) is 0 Å². The summed E-state index contributed by atoms with van der Waals surface area (Å²) in [5.41, 5.74) is 5.01. The third kappa shape index (κ3) is 6.17. The second kappa shape index (κ2) is 10.9. The van der Waals surface area contributed by atoms with Crippen molar-refractivity contribution in [3.8, 4) is 5.75 Å². The molecule has 156 valence electrons. The second-order valence-electron chi connectivity index (χ2n) is 7.69. The summed E-state index contributed by atoms with van der Waals surface area (Å²) in [5.74, 6) is 0.940. The fourth-order valence-electron chi connectivity index (χ4n) is 3.65. The topological polar surface area (TPSA) is 33.7 Å². The number of morpholine rings is 1. The minimum atomic E-state index is 0.586. The SMILES string of the molecule is c1ccc(COc2ccccc2CNCc2ccc(CN3CCOCC3)cc2)cc1. The van der Waals surface area contributed by atoms with Crippen molar-refractivity contribution < 1.29 is 9.47 Å². The Hall–Kier alpha value is -2.66.